The average Bonchev–Trinajstić information content (AvgIpc) is 2.46. The van der Waals surface area contributed by atoms with Gasteiger partial charge >= 0.3 is 5.97 Å². The number of aliphatic hydroxyl groups is 2. The highest BCUT2D eigenvalue weighted by atomic mass is 16.4. The molecule has 0 heterocycles. The van der Waals surface area contributed by atoms with Gasteiger partial charge in [-0.05, 0) is 13.5 Å². The topological polar surface area (TPSA) is 81.0 Å². The van der Waals surface area contributed by atoms with Gasteiger partial charge in [-0.25, -0.2) is 0 Å². The van der Waals surface area contributed by atoms with Crippen molar-refractivity contribution in [2.45, 2.75) is 71.1 Å². The number of carboxylic acids is 1. The van der Waals surface area contributed by atoms with Crippen LogP contribution in [0.1, 0.15) is 71.1 Å². The molecule has 0 amide bonds. The molecule has 0 aliphatic carbocycles. The van der Waals surface area contributed by atoms with E-state index in [9.17, 15) is 4.79 Å². The molecule has 0 spiro atoms. The van der Waals surface area contributed by atoms with Gasteiger partial charge in [-0.1, -0.05) is 58.3 Å². The molecule has 0 atom stereocenters. The Morgan fingerprint density at radius 3 is 1.59 bits per heavy atom. The molecule has 22 heavy (non-hydrogen) atoms. The highest BCUT2D eigenvalue weighted by Gasteiger charge is 1.96. The molecular formula is C17H37NO4. The Hall–Kier alpha value is -0.650. The van der Waals surface area contributed by atoms with Gasteiger partial charge in [0.25, 0.3) is 0 Å². The van der Waals surface area contributed by atoms with Crippen molar-refractivity contribution < 1.29 is 20.1 Å². The predicted molar refractivity (Wildman–Crippen MR) is 91.1 cm³/mol. The van der Waals surface area contributed by atoms with Gasteiger partial charge in [0, 0.05) is 19.5 Å². The second-order valence-corrected chi connectivity index (χ2v) is 5.72. The molecule has 3 N–H and O–H groups in total. The van der Waals surface area contributed by atoms with E-state index in [0.717, 1.165) is 12.8 Å². The minimum absolute atomic E-state index is 0.163. The molecule has 0 saturated heterocycles. The van der Waals surface area contributed by atoms with Crippen LogP contribution in [0.3, 0.4) is 0 Å². The zero-order valence-electron chi connectivity index (χ0n) is 14.6. The predicted octanol–water partition coefficient (Wildman–Crippen LogP) is 2.89. The molecule has 0 unspecified atom stereocenters. The maximum atomic E-state index is 10.2. The van der Waals surface area contributed by atoms with Gasteiger partial charge in [0.15, 0.2) is 0 Å². The molecule has 0 aromatic heterocycles. The van der Waals surface area contributed by atoms with Crippen LogP contribution in [0.25, 0.3) is 0 Å². The number of unbranched alkanes of at least 4 members (excludes halogenated alkanes) is 8. The number of rotatable bonds is 14. The molecule has 5 nitrogen and oxygen atoms in total. The molecule has 0 bridgehead atoms. The van der Waals surface area contributed by atoms with Crippen molar-refractivity contribution >= 4 is 5.97 Å². The van der Waals surface area contributed by atoms with Crippen molar-refractivity contribution in [2.24, 2.45) is 0 Å². The van der Waals surface area contributed by atoms with Gasteiger partial charge in [-0.15, -0.1) is 0 Å². The average molecular weight is 319 g/mol. The van der Waals surface area contributed by atoms with E-state index in [0.29, 0.717) is 19.5 Å². The third kappa shape index (κ3) is 24.4. The third-order valence-corrected chi connectivity index (χ3v) is 3.46. The fourth-order valence-electron chi connectivity index (χ4n) is 2.04. The van der Waals surface area contributed by atoms with E-state index in [1.165, 1.54) is 44.9 Å². The van der Waals surface area contributed by atoms with Crippen molar-refractivity contribution in [1.29, 1.82) is 0 Å². The minimum atomic E-state index is -0.659. The lowest BCUT2D eigenvalue weighted by Gasteiger charge is -2.11. The van der Waals surface area contributed by atoms with Crippen LogP contribution in [0, 0.1) is 0 Å². The SMILES string of the molecule is CCCCCCCCCCCC(=O)O.CN(CCO)CCO. The van der Waals surface area contributed by atoms with Crippen LogP contribution < -0.4 is 0 Å². The zero-order valence-corrected chi connectivity index (χ0v) is 14.6. The lowest BCUT2D eigenvalue weighted by molar-refractivity contribution is -0.137. The number of hydrogen-bond donors (Lipinski definition) is 3. The summed E-state index contributed by atoms with van der Waals surface area (Å²) in [7, 11) is 1.85. The summed E-state index contributed by atoms with van der Waals surface area (Å²) in [5.74, 6) is -0.659. The summed E-state index contributed by atoms with van der Waals surface area (Å²) in [6.07, 6.45) is 11.5. The zero-order chi connectivity index (χ0) is 17.1. The van der Waals surface area contributed by atoms with Gasteiger partial charge < -0.3 is 20.2 Å². The molecule has 0 aliphatic rings. The second-order valence-electron chi connectivity index (χ2n) is 5.72. The number of carbonyl (C=O) groups is 1. The van der Waals surface area contributed by atoms with Crippen molar-refractivity contribution in [1.82, 2.24) is 4.90 Å². The van der Waals surface area contributed by atoms with E-state index in [1.807, 2.05) is 11.9 Å². The van der Waals surface area contributed by atoms with Crippen molar-refractivity contribution in [3.63, 3.8) is 0 Å². The van der Waals surface area contributed by atoms with Crippen LogP contribution in [-0.4, -0.2) is 59.5 Å². The van der Waals surface area contributed by atoms with E-state index in [4.69, 9.17) is 15.3 Å². The highest BCUT2D eigenvalue weighted by Crippen LogP contribution is 2.10. The Morgan fingerprint density at radius 1 is 0.818 bits per heavy atom. The molecule has 0 aromatic rings. The summed E-state index contributed by atoms with van der Waals surface area (Å²) < 4.78 is 0. The second kappa shape index (κ2) is 20.3. The standard InChI is InChI=1S/C12H24O2.C5H13NO2/c1-2-3-4-5-6-7-8-9-10-11-12(13)14;1-6(2-4-7)3-5-8/h2-11H2,1H3,(H,13,14);7-8H,2-5H2,1H3. The van der Waals surface area contributed by atoms with Crippen LogP contribution in [0.2, 0.25) is 0 Å². The lowest BCUT2D eigenvalue weighted by Crippen LogP contribution is -2.25. The Balaban J connectivity index is 0. The molecule has 0 aromatic carbocycles. The van der Waals surface area contributed by atoms with Gasteiger partial charge in [-0.3, -0.25) is 4.79 Å². The first-order valence-electron chi connectivity index (χ1n) is 8.70. The summed E-state index contributed by atoms with van der Waals surface area (Å²) >= 11 is 0. The van der Waals surface area contributed by atoms with E-state index >= 15 is 0 Å². The molecule has 0 saturated carbocycles. The van der Waals surface area contributed by atoms with Gasteiger partial charge in [0.2, 0.25) is 0 Å². The van der Waals surface area contributed by atoms with Crippen LogP contribution >= 0.6 is 0 Å². The molecule has 0 rings (SSSR count). The fraction of sp³-hybridized carbons (Fsp3) is 0.941. The number of nitrogens with zero attached hydrogens (tertiary/aromatic N) is 1. The van der Waals surface area contributed by atoms with Crippen molar-refractivity contribution in [3.05, 3.63) is 0 Å². The number of likely N-dealkylation sites (N-methyl/N-ethyl adjacent to an activating group) is 1. The number of aliphatic carboxylic acids is 1. The highest BCUT2D eigenvalue weighted by molar-refractivity contribution is 5.66. The van der Waals surface area contributed by atoms with E-state index in [-0.39, 0.29) is 13.2 Å². The van der Waals surface area contributed by atoms with E-state index in [1.54, 1.807) is 0 Å². The summed E-state index contributed by atoms with van der Waals surface area (Å²) in [5.41, 5.74) is 0. The summed E-state index contributed by atoms with van der Waals surface area (Å²) in [6.45, 7) is 3.83. The molecule has 5 heteroatoms. The molecule has 0 radical (unpaired) electrons. The summed E-state index contributed by atoms with van der Waals surface area (Å²) in [4.78, 5) is 12.1. The first-order chi connectivity index (χ1) is 10.6. The smallest absolute Gasteiger partial charge is 0.303 e. The minimum Gasteiger partial charge on any atom is -0.481 e. The fourth-order valence-corrected chi connectivity index (χ4v) is 2.04. The molecule has 0 fully saturated rings. The number of hydrogen-bond acceptors (Lipinski definition) is 4. The molecular weight excluding hydrogens is 282 g/mol. The Bertz CT molecular complexity index is 219. The van der Waals surface area contributed by atoms with Gasteiger partial charge in [0.1, 0.15) is 0 Å². The largest absolute Gasteiger partial charge is 0.481 e. The van der Waals surface area contributed by atoms with Gasteiger partial charge in [-0.2, -0.15) is 0 Å². The number of aliphatic hydroxyl groups excluding tert-OH is 2. The quantitative estimate of drug-likeness (QED) is 0.429. The Morgan fingerprint density at radius 2 is 1.23 bits per heavy atom. The van der Waals surface area contributed by atoms with E-state index in [2.05, 4.69) is 6.92 Å². The Labute approximate surface area is 136 Å². The lowest BCUT2D eigenvalue weighted by atomic mass is 10.1. The van der Waals surface area contributed by atoms with Crippen molar-refractivity contribution in [2.75, 3.05) is 33.4 Å². The summed E-state index contributed by atoms with van der Waals surface area (Å²) in [6, 6.07) is 0. The van der Waals surface area contributed by atoms with E-state index < -0.39 is 5.97 Å². The maximum Gasteiger partial charge on any atom is 0.303 e. The monoisotopic (exact) mass is 319 g/mol. The third-order valence-electron chi connectivity index (χ3n) is 3.46. The summed E-state index contributed by atoms with van der Waals surface area (Å²) in [5, 5.41) is 25.1. The maximum absolute atomic E-state index is 10.2. The molecule has 134 valence electrons. The van der Waals surface area contributed by atoms with Gasteiger partial charge in [0.05, 0.1) is 13.2 Å². The number of carboxylic acid groups (broad SMARTS) is 1. The van der Waals surface area contributed by atoms with Crippen LogP contribution in [0.15, 0.2) is 0 Å². The molecule has 0 aliphatic heterocycles. The van der Waals surface area contributed by atoms with Crippen LogP contribution in [-0.2, 0) is 4.79 Å². The first kappa shape index (κ1) is 23.6. The van der Waals surface area contributed by atoms with Crippen LogP contribution in [0.4, 0.5) is 0 Å². The van der Waals surface area contributed by atoms with Crippen molar-refractivity contribution in [3.8, 4) is 0 Å². The normalized spacial score (nSPS) is 10.4. The first-order valence-corrected chi connectivity index (χ1v) is 8.70. The Kier molecular flexibility index (Phi) is 21.8. The van der Waals surface area contributed by atoms with Crippen LogP contribution in [0.5, 0.6) is 0 Å².